The zero-order valence-electron chi connectivity index (χ0n) is 10.3. The molecule has 4 nitrogen and oxygen atoms in total. The molecule has 1 amide bonds. The summed E-state index contributed by atoms with van der Waals surface area (Å²) >= 11 is 0. The lowest BCUT2D eigenvalue weighted by Crippen LogP contribution is -2.50. The zero-order chi connectivity index (χ0) is 11.7. The fourth-order valence-corrected chi connectivity index (χ4v) is 1.58. The maximum atomic E-state index is 11.6. The maximum Gasteiger partial charge on any atom is 0.408 e. The van der Waals surface area contributed by atoms with Gasteiger partial charge in [-0.25, -0.2) is 4.79 Å². The van der Waals surface area contributed by atoms with E-state index in [-0.39, 0.29) is 17.7 Å². The molecule has 4 heteroatoms. The Morgan fingerprint density at radius 1 is 1.40 bits per heavy atom. The molecular formula is C11H22N2O2. The molecule has 0 aromatic rings. The van der Waals surface area contributed by atoms with E-state index < -0.39 is 5.60 Å². The number of carbonyl (C=O) groups excluding carboxylic acids is 1. The van der Waals surface area contributed by atoms with E-state index in [1.54, 1.807) is 0 Å². The Bertz CT molecular complexity index is 241. The lowest BCUT2D eigenvalue weighted by atomic mass is 10.1. The molecule has 1 fully saturated rings. The maximum absolute atomic E-state index is 11.6. The third-order valence-electron chi connectivity index (χ3n) is 2.80. The first-order chi connectivity index (χ1) is 6.79. The van der Waals surface area contributed by atoms with Gasteiger partial charge in [0.25, 0.3) is 0 Å². The lowest BCUT2D eigenvalue weighted by molar-refractivity contribution is 0.0485. The molecule has 0 bridgehead atoms. The number of rotatable bonds is 3. The van der Waals surface area contributed by atoms with Crippen molar-refractivity contribution in [1.82, 2.24) is 10.6 Å². The number of nitrogens with one attached hydrogen (secondary N) is 2. The minimum Gasteiger partial charge on any atom is -0.444 e. The van der Waals surface area contributed by atoms with Crippen LogP contribution in [-0.2, 0) is 4.74 Å². The van der Waals surface area contributed by atoms with E-state index >= 15 is 0 Å². The van der Waals surface area contributed by atoms with Gasteiger partial charge in [0.15, 0.2) is 0 Å². The van der Waals surface area contributed by atoms with Crippen LogP contribution in [0.15, 0.2) is 0 Å². The number of amides is 1. The number of hydrogen-bond acceptors (Lipinski definition) is 3. The molecule has 0 heterocycles. The molecule has 1 aliphatic rings. The SMILES string of the molecule is CNC(C)C1(NC(=O)OC(C)(C)C)CC1. The molecule has 15 heavy (non-hydrogen) atoms. The summed E-state index contributed by atoms with van der Waals surface area (Å²) in [6.07, 6.45) is 1.73. The first kappa shape index (κ1) is 12.3. The van der Waals surface area contributed by atoms with E-state index in [1.807, 2.05) is 27.8 Å². The van der Waals surface area contributed by atoms with Crippen LogP contribution in [0.2, 0.25) is 0 Å². The van der Waals surface area contributed by atoms with Gasteiger partial charge in [-0.15, -0.1) is 0 Å². The van der Waals surface area contributed by atoms with Gasteiger partial charge >= 0.3 is 6.09 Å². The van der Waals surface area contributed by atoms with Gasteiger partial charge in [0.2, 0.25) is 0 Å². The summed E-state index contributed by atoms with van der Waals surface area (Å²) in [5.74, 6) is 0. The van der Waals surface area contributed by atoms with E-state index in [0.717, 1.165) is 12.8 Å². The quantitative estimate of drug-likeness (QED) is 0.751. The van der Waals surface area contributed by atoms with Crippen molar-refractivity contribution in [3.8, 4) is 0 Å². The largest absolute Gasteiger partial charge is 0.444 e. The summed E-state index contributed by atoms with van der Waals surface area (Å²) in [5, 5.41) is 6.12. The Kier molecular flexibility index (Phi) is 3.28. The van der Waals surface area contributed by atoms with Gasteiger partial charge in [-0.05, 0) is 47.6 Å². The molecule has 0 aliphatic heterocycles. The second kappa shape index (κ2) is 4.00. The fourth-order valence-electron chi connectivity index (χ4n) is 1.58. The molecule has 1 unspecified atom stereocenters. The average molecular weight is 214 g/mol. The zero-order valence-corrected chi connectivity index (χ0v) is 10.3. The Hall–Kier alpha value is -0.770. The van der Waals surface area contributed by atoms with E-state index in [4.69, 9.17) is 4.74 Å². The summed E-state index contributed by atoms with van der Waals surface area (Å²) in [5.41, 5.74) is -0.514. The molecule has 1 atom stereocenters. The molecular weight excluding hydrogens is 192 g/mol. The smallest absolute Gasteiger partial charge is 0.408 e. The Morgan fingerprint density at radius 3 is 2.27 bits per heavy atom. The molecule has 0 aromatic carbocycles. The van der Waals surface area contributed by atoms with Gasteiger partial charge in [0, 0.05) is 6.04 Å². The molecule has 0 radical (unpaired) electrons. The summed E-state index contributed by atoms with van der Waals surface area (Å²) in [6, 6.07) is 0.282. The van der Waals surface area contributed by atoms with Crippen LogP contribution < -0.4 is 10.6 Å². The molecule has 88 valence electrons. The number of hydrogen-bond donors (Lipinski definition) is 2. The predicted molar refractivity (Wildman–Crippen MR) is 59.9 cm³/mol. The van der Waals surface area contributed by atoms with Crippen molar-refractivity contribution in [3.63, 3.8) is 0 Å². The highest BCUT2D eigenvalue weighted by Gasteiger charge is 2.48. The van der Waals surface area contributed by atoms with E-state index in [0.29, 0.717) is 0 Å². The normalized spacial score (nSPS) is 20.6. The molecule has 0 aromatic heterocycles. The van der Waals surface area contributed by atoms with Crippen molar-refractivity contribution in [2.75, 3.05) is 7.05 Å². The van der Waals surface area contributed by atoms with Gasteiger partial charge in [-0.1, -0.05) is 0 Å². The van der Waals surface area contributed by atoms with Crippen molar-refractivity contribution in [1.29, 1.82) is 0 Å². The van der Waals surface area contributed by atoms with Gasteiger partial charge in [0.05, 0.1) is 5.54 Å². The number of ether oxygens (including phenoxy) is 1. The van der Waals surface area contributed by atoms with Crippen molar-refractivity contribution >= 4 is 6.09 Å². The lowest BCUT2D eigenvalue weighted by Gasteiger charge is -2.27. The van der Waals surface area contributed by atoms with Crippen LogP contribution in [0.1, 0.15) is 40.5 Å². The van der Waals surface area contributed by atoms with Gasteiger partial charge in [0.1, 0.15) is 5.60 Å². The summed E-state index contributed by atoms with van der Waals surface area (Å²) in [7, 11) is 1.90. The Labute approximate surface area is 91.8 Å². The number of alkyl carbamates (subject to hydrolysis) is 1. The molecule has 1 saturated carbocycles. The van der Waals surface area contributed by atoms with Crippen LogP contribution in [0, 0.1) is 0 Å². The topological polar surface area (TPSA) is 50.4 Å². The van der Waals surface area contributed by atoms with Crippen LogP contribution >= 0.6 is 0 Å². The number of carbonyl (C=O) groups is 1. The summed E-state index contributed by atoms with van der Waals surface area (Å²) in [6.45, 7) is 7.68. The monoisotopic (exact) mass is 214 g/mol. The Balaban J connectivity index is 2.45. The van der Waals surface area contributed by atoms with Crippen molar-refractivity contribution in [2.45, 2.75) is 57.7 Å². The minimum atomic E-state index is -0.428. The number of likely N-dealkylation sites (N-methyl/N-ethyl adjacent to an activating group) is 1. The highest BCUT2D eigenvalue weighted by Crippen LogP contribution is 2.38. The third-order valence-corrected chi connectivity index (χ3v) is 2.80. The standard InChI is InChI=1S/C11H22N2O2/c1-8(12-5)11(6-7-11)13-9(14)15-10(2,3)4/h8,12H,6-7H2,1-5H3,(H,13,14). The van der Waals surface area contributed by atoms with Gasteiger partial charge in [-0.2, -0.15) is 0 Å². The summed E-state index contributed by atoms with van der Waals surface area (Å²) in [4.78, 5) is 11.6. The van der Waals surface area contributed by atoms with Crippen molar-refractivity contribution in [3.05, 3.63) is 0 Å². The van der Waals surface area contributed by atoms with Crippen LogP contribution in [-0.4, -0.2) is 30.3 Å². The second-order valence-electron chi connectivity index (χ2n) is 5.29. The third kappa shape index (κ3) is 3.38. The summed E-state index contributed by atoms with van der Waals surface area (Å²) < 4.78 is 5.23. The second-order valence-corrected chi connectivity index (χ2v) is 5.29. The van der Waals surface area contributed by atoms with Gasteiger partial charge < -0.3 is 15.4 Å². The molecule has 0 saturated heterocycles. The first-order valence-corrected chi connectivity index (χ1v) is 5.47. The molecule has 0 spiro atoms. The van der Waals surface area contributed by atoms with E-state index in [9.17, 15) is 4.79 Å². The molecule has 2 N–H and O–H groups in total. The highest BCUT2D eigenvalue weighted by atomic mass is 16.6. The van der Waals surface area contributed by atoms with E-state index in [1.165, 1.54) is 0 Å². The Morgan fingerprint density at radius 2 is 1.93 bits per heavy atom. The van der Waals surface area contributed by atoms with Crippen molar-refractivity contribution < 1.29 is 9.53 Å². The van der Waals surface area contributed by atoms with Crippen molar-refractivity contribution in [2.24, 2.45) is 0 Å². The van der Waals surface area contributed by atoms with Crippen LogP contribution in [0.4, 0.5) is 4.79 Å². The van der Waals surface area contributed by atoms with Crippen LogP contribution in [0.5, 0.6) is 0 Å². The van der Waals surface area contributed by atoms with Gasteiger partial charge in [-0.3, -0.25) is 0 Å². The van der Waals surface area contributed by atoms with Crippen LogP contribution in [0.3, 0.4) is 0 Å². The average Bonchev–Trinajstić information content (AvgIpc) is 2.80. The minimum absolute atomic E-state index is 0.0862. The highest BCUT2D eigenvalue weighted by molar-refractivity contribution is 5.69. The molecule has 1 aliphatic carbocycles. The predicted octanol–water partition coefficient (Wildman–Crippen LogP) is 1.65. The first-order valence-electron chi connectivity index (χ1n) is 5.47. The van der Waals surface area contributed by atoms with E-state index in [2.05, 4.69) is 17.6 Å². The van der Waals surface area contributed by atoms with Crippen LogP contribution in [0.25, 0.3) is 0 Å². The molecule has 1 rings (SSSR count). The fraction of sp³-hybridized carbons (Fsp3) is 0.909.